The van der Waals surface area contributed by atoms with E-state index in [9.17, 15) is 0 Å². The molecule has 0 aliphatic rings. The van der Waals surface area contributed by atoms with Crippen LogP contribution in [0.25, 0.3) is 33.9 Å². The Morgan fingerprint density at radius 1 is 1.00 bits per heavy atom. The third kappa shape index (κ3) is 3.25. The quantitative estimate of drug-likeness (QED) is 0.541. The van der Waals surface area contributed by atoms with E-state index in [0.717, 1.165) is 28.6 Å². The third-order valence-corrected chi connectivity index (χ3v) is 4.67. The molecule has 0 fully saturated rings. The molecule has 0 aliphatic carbocycles. The number of hydrogen-bond acceptors (Lipinski definition) is 4. The number of imidazole rings is 1. The fraction of sp³-hybridized carbons (Fsp3) is 0.286. The first-order chi connectivity index (χ1) is 12.6. The van der Waals surface area contributed by atoms with Gasteiger partial charge in [-0.2, -0.15) is 0 Å². The second-order valence-corrected chi connectivity index (χ2v) is 7.12. The molecule has 0 spiro atoms. The maximum atomic E-state index is 5.91. The van der Waals surface area contributed by atoms with E-state index in [2.05, 4.69) is 59.1 Å². The summed E-state index contributed by atoms with van der Waals surface area (Å²) in [4.78, 5) is 7.36. The second-order valence-electron chi connectivity index (χ2n) is 7.12. The fourth-order valence-electron chi connectivity index (χ4n) is 3.08. The van der Waals surface area contributed by atoms with Gasteiger partial charge in [0.05, 0.1) is 17.4 Å². The minimum absolute atomic E-state index is 0.506. The molecule has 4 rings (SSSR count). The average Bonchev–Trinajstić information content (AvgIpc) is 3.29. The van der Waals surface area contributed by atoms with Crippen molar-refractivity contribution in [3.8, 4) is 22.9 Å². The van der Waals surface area contributed by atoms with E-state index in [1.807, 2.05) is 18.2 Å². The smallest absolute Gasteiger partial charge is 0.248 e. The van der Waals surface area contributed by atoms with E-state index >= 15 is 0 Å². The van der Waals surface area contributed by atoms with Crippen LogP contribution in [-0.2, 0) is 6.42 Å². The normalized spacial score (nSPS) is 11.5. The Labute approximate surface area is 152 Å². The van der Waals surface area contributed by atoms with Crippen molar-refractivity contribution in [1.82, 2.24) is 20.2 Å². The standard InChI is InChI=1S/C21H22N4O/c1-13(2)4-5-15-6-7-16(10-14(15)3)20-24-25-21(26-20)17-8-9-18-19(11-17)23-12-22-18/h6-13H,4-5H2,1-3H3,(H,22,23). The number of aromatic amines is 1. The summed E-state index contributed by atoms with van der Waals surface area (Å²) in [6.45, 7) is 6.65. The predicted octanol–water partition coefficient (Wildman–Crippen LogP) is 5.18. The van der Waals surface area contributed by atoms with Crippen molar-refractivity contribution in [2.75, 3.05) is 0 Å². The molecule has 0 aliphatic heterocycles. The molecule has 2 aromatic carbocycles. The van der Waals surface area contributed by atoms with Gasteiger partial charge in [0.1, 0.15) is 0 Å². The third-order valence-electron chi connectivity index (χ3n) is 4.67. The van der Waals surface area contributed by atoms with Crippen molar-refractivity contribution in [3.63, 3.8) is 0 Å². The van der Waals surface area contributed by atoms with Crippen LogP contribution in [0.4, 0.5) is 0 Å². The topological polar surface area (TPSA) is 67.6 Å². The van der Waals surface area contributed by atoms with Crippen LogP contribution >= 0.6 is 0 Å². The van der Waals surface area contributed by atoms with E-state index in [4.69, 9.17) is 4.42 Å². The van der Waals surface area contributed by atoms with Crippen molar-refractivity contribution in [3.05, 3.63) is 53.9 Å². The van der Waals surface area contributed by atoms with E-state index in [1.165, 1.54) is 17.5 Å². The molecule has 2 aromatic heterocycles. The largest absolute Gasteiger partial charge is 0.416 e. The summed E-state index contributed by atoms with van der Waals surface area (Å²) in [5, 5.41) is 8.44. The second kappa shape index (κ2) is 6.75. The van der Waals surface area contributed by atoms with Crippen LogP contribution in [0, 0.1) is 12.8 Å². The van der Waals surface area contributed by atoms with Crippen LogP contribution in [0.2, 0.25) is 0 Å². The van der Waals surface area contributed by atoms with Crippen LogP contribution in [0.3, 0.4) is 0 Å². The monoisotopic (exact) mass is 346 g/mol. The molecule has 4 aromatic rings. The van der Waals surface area contributed by atoms with E-state index < -0.39 is 0 Å². The van der Waals surface area contributed by atoms with Crippen molar-refractivity contribution in [2.45, 2.75) is 33.6 Å². The molecule has 0 saturated heterocycles. The van der Waals surface area contributed by atoms with Gasteiger partial charge in [-0.05, 0) is 67.1 Å². The maximum absolute atomic E-state index is 5.91. The molecular weight excluding hydrogens is 324 g/mol. The van der Waals surface area contributed by atoms with E-state index in [0.29, 0.717) is 17.7 Å². The number of H-pyrrole nitrogens is 1. The molecule has 0 bridgehead atoms. The van der Waals surface area contributed by atoms with Gasteiger partial charge in [-0.3, -0.25) is 0 Å². The molecule has 26 heavy (non-hydrogen) atoms. The molecule has 0 radical (unpaired) electrons. The Morgan fingerprint density at radius 3 is 2.46 bits per heavy atom. The molecule has 5 heteroatoms. The highest BCUT2D eigenvalue weighted by molar-refractivity contribution is 5.79. The first-order valence-corrected chi connectivity index (χ1v) is 8.97. The van der Waals surface area contributed by atoms with Crippen LogP contribution in [0.15, 0.2) is 47.1 Å². The lowest BCUT2D eigenvalue weighted by molar-refractivity contribution is 0.582. The Kier molecular flexibility index (Phi) is 4.29. The highest BCUT2D eigenvalue weighted by Gasteiger charge is 2.12. The van der Waals surface area contributed by atoms with Crippen LogP contribution in [0.1, 0.15) is 31.4 Å². The van der Waals surface area contributed by atoms with Gasteiger partial charge in [0.2, 0.25) is 11.8 Å². The summed E-state index contributed by atoms with van der Waals surface area (Å²) in [7, 11) is 0. The predicted molar refractivity (Wildman–Crippen MR) is 103 cm³/mol. The first kappa shape index (κ1) is 16.5. The zero-order valence-electron chi connectivity index (χ0n) is 15.3. The minimum atomic E-state index is 0.506. The van der Waals surface area contributed by atoms with Crippen molar-refractivity contribution in [2.24, 2.45) is 5.92 Å². The van der Waals surface area contributed by atoms with Gasteiger partial charge in [-0.25, -0.2) is 4.98 Å². The van der Waals surface area contributed by atoms with Gasteiger partial charge in [0.25, 0.3) is 0 Å². The summed E-state index contributed by atoms with van der Waals surface area (Å²) in [5.41, 5.74) is 6.34. The van der Waals surface area contributed by atoms with Crippen molar-refractivity contribution >= 4 is 11.0 Å². The van der Waals surface area contributed by atoms with Gasteiger partial charge in [-0.15, -0.1) is 10.2 Å². The van der Waals surface area contributed by atoms with Gasteiger partial charge in [-0.1, -0.05) is 19.9 Å². The number of nitrogens with one attached hydrogen (secondary N) is 1. The Bertz CT molecular complexity index is 1050. The molecular formula is C21H22N4O. The van der Waals surface area contributed by atoms with Gasteiger partial charge in [0, 0.05) is 11.1 Å². The average molecular weight is 346 g/mol. The Balaban J connectivity index is 1.60. The molecule has 0 saturated carbocycles. The number of rotatable bonds is 5. The summed E-state index contributed by atoms with van der Waals surface area (Å²) in [6.07, 6.45) is 3.97. The number of hydrogen-bond donors (Lipinski definition) is 1. The summed E-state index contributed by atoms with van der Waals surface area (Å²) < 4.78 is 5.91. The number of aromatic nitrogens is 4. The van der Waals surface area contributed by atoms with Crippen molar-refractivity contribution in [1.29, 1.82) is 0 Å². The lowest BCUT2D eigenvalue weighted by Crippen LogP contribution is -1.95. The number of fused-ring (bicyclic) bond motifs is 1. The summed E-state index contributed by atoms with van der Waals surface area (Å²) in [5.74, 6) is 1.76. The molecule has 1 N–H and O–H groups in total. The van der Waals surface area contributed by atoms with Gasteiger partial charge >= 0.3 is 0 Å². The Morgan fingerprint density at radius 2 is 1.73 bits per heavy atom. The molecule has 0 atom stereocenters. The van der Waals surface area contributed by atoms with Crippen LogP contribution in [0.5, 0.6) is 0 Å². The molecule has 2 heterocycles. The summed E-state index contributed by atoms with van der Waals surface area (Å²) in [6, 6.07) is 12.2. The lowest BCUT2D eigenvalue weighted by atomic mass is 9.97. The summed E-state index contributed by atoms with van der Waals surface area (Å²) >= 11 is 0. The minimum Gasteiger partial charge on any atom is -0.416 e. The number of benzene rings is 2. The number of aryl methyl sites for hydroxylation is 2. The van der Waals surface area contributed by atoms with Crippen LogP contribution in [-0.4, -0.2) is 20.2 Å². The molecule has 132 valence electrons. The Hall–Kier alpha value is -2.95. The van der Waals surface area contributed by atoms with Crippen LogP contribution < -0.4 is 0 Å². The van der Waals surface area contributed by atoms with E-state index in [1.54, 1.807) is 6.33 Å². The molecule has 5 nitrogen and oxygen atoms in total. The maximum Gasteiger partial charge on any atom is 0.248 e. The SMILES string of the molecule is Cc1cc(-c2nnc(-c3ccc4[nH]cnc4c3)o2)ccc1CCC(C)C. The van der Waals surface area contributed by atoms with E-state index in [-0.39, 0.29) is 0 Å². The first-order valence-electron chi connectivity index (χ1n) is 8.97. The number of nitrogens with zero attached hydrogens (tertiary/aromatic N) is 3. The fourth-order valence-corrected chi connectivity index (χ4v) is 3.08. The highest BCUT2D eigenvalue weighted by atomic mass is 16.4. The zero-order chi connectivity index (χ0) is 18.1. The van der Waals surface area contributed by atoms with Crippen molar-refractivity contribution < 1.29 is 4.42 Å². The van der Waals surface area contributed by atoms with Gasteiger partial charge < -0.3 is 9.40 Å². The molecule has 0 unspecified atom stereocenters. The molecule has 0 amide bonds. The lowest BCUT2D eigenvalue weighted by Gasteiger charge is -2.08. The highest BCUT2D eigenvalue weighted by Crippen LogP contribution is 2.27. The van der Waals surface area contributed by atoms with Gasteiger partial charge in [0.15, 0.2) is 0 Å². The zero-order valence-corrected chi connectivity index (χ0v) is 15.3.